The average molecular weight is 460 g/mol. The van der Waals surface area contributed by atoms with Crippen LogP contribution in [-0.2, 0) is 25.5 Å². The highest BCUT2D eigenvalue weighted by Gasteiger charge is 2.34. The summed E-state index contributed by atoms with van der Waals surface area (Å²) in [5.41, 5.74) is 1.41. The van der Waals surface area contributed by atoms with Crippen molar-refractivity contribution < 1.29 is 37.4 Å². The lowest BCUT2D eigenvalue weighted by Crippen LogP contribution is -2.47. The van der Waals surface area contributed by atoms with Gasteiger partial charge < -0.3 is 24.8 Å². The van der Waals surface area contributed by atoms with Crippen LogP contribution >= 0.6 is 0 Å². The summed E-state index contributed by atoms with van der Waals surface area (Å²) in [6.45, 7) is -1.53. The summed E-state index contributed by atoms with van der Waals surface area (Å²) in [4.78, 5) is 37.2. The van der Waals surface area contributed by atoms with Gasteiger partial charge in [0.2, 0.25) is 0 Å². The van der Waals surface area contributed by atoms with Crippen LogP contribution in [0.1, 0.15) is 24.1 Å². The highest BCUT2D eigenvalue weighted by molar-refractivity contribution is 5.95. The largest absolute Gasteiger partial charge is 0.463 e. The van der Waals surface area contributed by atoms with Gasteiger partial charge in [-0.1, -0.05) is 42.5 Å². The Kier molecular flexibility index (Phi) is 7.96. The van der Waals surface area contributed by atoms with Crippen LogP contribution in [0.15, 0.2) is 65.9 Å². The third-order valence-electron chi connectivity index (χ3n) is 4.66. The Hall–Kier alpha value is -3.95. The summed E-state index contributed by atoms with van der Waals surface area (Å²) in [5.74, 6) is -1.33. The van der Waals surface area contributed by atoms with E-state index in [1.54, 1.807) is 37.3 Å². The molecule has 0 spiro atoms. The molecule has 0 saturated heterocycles. The van der Waals surface area contributed by atoms with Crippen molar-refractivity contribution in [2.45, 2.75) is 26.0 Å². The first-order chi connectivity index (χ1) is 15.9. The molecule has 0 saturated carbocycles. The van der Waals surface area contributed by atoms with Crippen molar-refractivity contribution in [3.8, 4) is 5.75 Å². The lowest BCUT2D eigenvalue weighted by Gasteiger charge is -2.29. The summed E-state index contributed by atoms with van der Waals surface area (Å²) in [7, 11) is 0. The van der Waals surface area contributed by atoms with Gasteiger partial charge >= 0.3 is 24.6 Å². The standard InChI is InChI=1S/C23H22F2N2O6/c1-2-31-21(29)19-17(26-23(30)27-20(19)15-6-4-3-5-7-15)13-32-18(28)12-14-8-10-16(11-9-14)33-22(24)25/h3-11,20,22H,2,12-13H2,1H3,(H2,26,27,30). The Morgan fingerprint density at radius 1 is 1.03 bits per heavy atom. The van der Waals surface area contributed by atoms with Gasteiger partial charge in [-0.2, -0.15) is 8.78 Å². The minimum absolute atomic E-state index is 0.0317. The van der Waals surface area contributed by atoms with Crippen LogP contribution in [0, 0.1) is 0 Å². The summed E-state index contributed by atoms with van der Waals surface area (Å²) < 4.78 is 39.2. The summed E-state index contributed by atoms with van der Waals surface area (Å²) in [6.07, 6.45) is -0.148. The lowest BCUT2D eigenvalue weighted by molar-refractivity contribution is -0.143. The van der Waals surface area contributed by atoms with Crippen molar-refractivity contribution in [1.29, 1.82) is 0 Å². The minimum atomic E-state index is -2.94. The third-order valence-corrected chi connectivity index (χ3v) is 4.66. The fraction of sp³-hybridized carbons (Fsp3) is 0.261. The molecule has 8 nitrogen and oxygen atoms in total. The smallest absolute Gasteiger partial charge is 0.387 e. The average Bonchev–Trinajstić information content (AvgIpc) is 2.79. The molecule has 3 rings (SSSR count). The van der Waals surface area contributed by atoms with E-state index >= 15 is 0 Å². The van der Waals surface area contributed by atoms with E-state index in [4.69, 9.17) is 9.47 Å². The Balaban J connectivity index is 1.74. The van der Waals surface area contributed by atoms with Crippen LogP contribution in [0.4, 0.5) is 13.6 Å². The quantitative estimate of drug-likeness (QED) is 0.557. The number of carbonyl (C=O) groups excluding carboxylic acids is 3. The Morgan fingerprint density at radius 3 is 2.36 bits per heavy atom. The van der Waals surface area contributed by atoms with Crippen LogP contribution in [0.25, 0.3) is 0 Å². The predicted molar refractivity (Wildman–Crippen MR) is 112 cm³/mol. The zero-order valence-electron chi connectivity index (χ0n) is 17.7. The summed E-state index contributed by atoms with van der Waals surface area (Å²) in [6, 6.07) is 13.0. The maximum absolute atomic E-state index is 12.7. The lowest BCUT2D eigenvalue weighted by atomic mass is 9.95. The molecule has 33 heavy (non-hydrogen) atoms. The second-order valence-electron chi connectivity index (χ2n) is 6.91. The molecular weight excluding hydrogens is 438 g/mol. The van der Waals surface area contributed by atoms with Crippen LogP contribution in [0.3, 0.4) is 0 Å². The summed E-state index contributed by atoms with van der Waals surface area (Å²) in [5, 5.41) is 5.20. The fourth-order valence-corrected chi connectivity index (χ4v) is 3.24. The molecule has 2 amide bonds. The fourth-order valence-electron chi connectivity index (χ4n) is 3.24. The normalized spacial score (nSPS) is 15.5. The maximum Gasteiger partial charge on any atom is 0.387 e. The first-order valence-corrected chi connectivity index (χ1v) is 10.1. The number of hydrogen-bond acceptors (Lipinski definition) is 6. The van der Waals surface area contributed by atoms with Gasteiger partial charge in [0.1, 0.15) is 12.4 Å². The molecule has 0 bridgehead atoms. The molecule has 2 aromatic carbocycles. The number of nitrogens with one attached hydrogen (secondary N) is 2. The van der Waals surface area contributed by atoms with Gasteiger partial charge in [0.25, 0.3) is 0 Å². The van der Waals surface area contributed by atoms with E-state index in [0.29, 0.717) is 11.1 Å². The topological polar surface area (TPSA) is 103 Å². The number of amides is 2. The molecule has 0 fully saturated rings. The maximum atomic E-state index is 12.7. The zero-order chi connectivity index (χ0) is 23.8. The minimum Gasteiger partial charge on any atom is -0.463 e. The molecule has 1 aliphatic rings. The van der Waals surface area contributed by atoms with Crippen molar-refractivity contribution in [3.63, 3.8) is 0 Å². The third kappa shape index (κ3) is 6.52. The molecule has 1 heterocycles. The van der Waals surface area contributed by atoms with Crippen LogP contribution in [-0.4, -0.2) is 37.8 Å². The van der Waals surface area contributed by atoms with Crippen molar-refractivity contribution in [3.05, 3.63) is 77.0 Å². The molecule has 0 radical (unpaired) electrons. The van der Waals surface area contributed by atoms with E-state index in [1.165, 1.54) is 24.3 Å². The van der Waals surface area contributed by atoms with E-state index in [1.807, 2.05) is 0 Å². The number of hydrogen-bond donors (Lipinski definition) is 2. The van der Waals surface area contributed by atoms with Crippen molar-refractivity contribution in [1.82, 2.24) is 10.6 Å². The zero-order valence-corrected chi connectivity index (χ0v) is 17.7. The second kappa shape index (κ2) is 11.1. The first-order valence-electron chi connectivity index (χ1n) is 10.1. The van der Waals surface area contributed by atoms with Gasteiger partial charge in [0, 0.05) is 0 Å². The molecule has 0 aliphatic carbocycles. The van der Waals surface area contributed by atoms with Crippen LogP contribution in [0.5, 0.6) is 5.75 Å². The molecule has 0 aromatic heterocycles. The van der Waals surface area contributed by atoms with Crippen molar-refractivity contribution in [2.24, 2.45) is 0 Å². The van der Waals surface area contributed by atoms with Gasteiger partial charge in [-0.25, -0.2) is 9.59 Å². The Bertz CT molecular complexity index is 1030. The van der Waals surface area contributed by atoms with E-state index in [2.05, 4.69) is 15.4 Å². The number of esters is 2. The number of carbonyl (C=O) groups is 3. The number of halogens is 2. The van der Waals surface area contributed by atoms with E-state index in [0.717, 1.165) is 0 Å². The predicted octanol–water partition coefficient (Wildman–Crippen LogP) is 3.25. The number of rotatable bonds is 9. The highest BCUT2D eigenvalue weighted by Crippen LogP contribution is 2.28. The molecule has 1 aliphatic heterocycles. The first kappa shape index (κ1) is 23.7. The van der Waals surface area contributed by atoms with Gasteiger partial charge in [-0.05, 0) is 30.2 Å². The molecule has 174 valence electrons. The van der Waals surface area contributed by atoms with Gasteiger partial charge in [0.05, 0.1) is 30.3 Å². The van der Waals surface area contributed by atoms with Crippen LogP contribution < -0.4 is 15.4 Å². The van der Waals surface area contributed by atoms with E-state index in [9.17, 15) is 23.2 Å². The van der Waals surface area contributed by atoms with Crippen LogP contribution in [0.2, 0.25) is 0 Å². The number of urea groups is 1. The van der Waals surface area contributed by atoms with Gasteiger partial charge in [-0.15, -0.1) is 0 Å². The Morgan fingerprint density at radius 2 is 1.73 bits per heavy atom. The van der Waals surface area contributed by atoms with E-state index < -0.39 is 30.6 Å². The number of benzene rings is 2. The highest BCUT2D eigenvalue weighted by atomic mass is 19.3. The molecule has 1 unspecified atom stereocenters. The van der Waals surface area contributed by atoms with Gasteiger partial charge in [-0.3, -0.25) is 4.79 Å². The van der Waals surface area contributed by atoms with E-state index in [-0.39, 0.29) is 36.7 Å². The SMILES string of the molecule is CCOC(=O)C1=C(COC(=O)Cc2ccc(OC(F)F)cc2)NC(=O)NC1c1ccccc1. The molecule has 2 aromatic rings. The van der Waals surface area contributed by atoms with Crippen molar-refractivity contribution in [2.75, 3.05) is 13.2 Å². The molecule has 10 heteroatoms. The molecule has 2 N–H and O–H groups in total. The van der Waals surface area contributed by atoms with Gasteiger partial charge in [0.15, 0.2) is 0 Å². The second-order valence-corrected chi connectivity index (χ2v) is 6.91. The number of alkyl halides is 2. The molecule has 1 atom stereocenters. The molecular formula is C23H22F2N2O6. The summed E-state index contributed by atoms with van der Waals surface area (Å²) >= 11 is 0. The number of ether oxygens (including phenoxy) is 3. The Labute approximate surface area is 188 Å². The van der Waals surface area contributed by atoms with Crippen molar-refractivity contribution >= 4 is 18.0 Å². The monoisotopic (exact) mass is 460 g/mol.